The van der Waals surface area contributed by atoms with Crippen molar-refractivity contribution < 1.29 is 24.9 Å². The zero-order valence-electron chi connectivity index (χ0n) is 21.5. The molecule has 0 radical (unpaired) electrons. The highest BCUT2D eigenvalue weighted by molar-refractivity contribution is 5.76. The number of aromatic hydroxyl groups is 1. The molecule has 1 aromatic carbocycles. The second-order valence-corrected chi connectivity index (χ2v) is 11.5. The maximum Gasteiger partial charge on any atom is 0.222 e. The fraction of sp³-hybridized carbons (Fsp3) is 0.690. The van der Waals surface area contributed by atoms with Gasteiger partial charge in [0.15, 0.2) is 0 Å². The van der Waals surface area contributed by atoms with Crippen LogP contribution in [0.1, 0.15) is 70.8 Å². The van der Waals surface area contributed by atoms with E-state index < -0.39 is 11.5 Å². The molecule has 2 aliphatic carbocycles. The van der Waals surface area contributed by atoms with Crippen molar-refractivity contribution in [3.63, 3.8) is 0 Å². The van der Waals surface area contributed by atoms with Crippen molar-refractivity contribution >= 4 is 5.91 Å². The van der Waals surface area contributed by atoms with Gasteiger partial charge in [-0.1, -0.05) is 32.1 Å². The van der Waals surface area contributed by atoms with Crippen LogP contribution in [0, 0.1) is 22.7 Å². The summed E-state index contributed by atoms with van der Waals surface area (Å²) in [6, 6.07) is 5.37. The molecule has 1 aromatic rings. The first-order valence-electron chi connectivity index (χ1n) is 13.4. The SMILES string of the molecule is C=C1CC[C@@H]2[C@](C)(CO)[C@H](O)CC[C@@]2(C)[C@@H]1CCOc1ccc(CCC(=O)N2CCCC2)c(O)c1. The summed E-state index contributed by atoms with van der Waals surface area (Å²) in [5, 5.41) is 31.3. The minimum atomic E-state index is -0.482. The molecule has 6 heteroatoms. The Balaban J connectivity index is 1.34. The van der Waals surface area contributed by atoms with Gasteiger partial charge in [-0.3, -0.25) is 4.79 Å². The average molecular weight is 486 g/mol. The number of hydrogen-bond donors (Lipinski definition) is 3. The Bertz CT molecular complexity index is 926. The molecule has 6 nitrogen and oxygen atoms in total. The number of phenolic OH excluding ortho intramolecular Hbond substituents is 1. The Morgan fingerprint density at radius 2 is 1.97 bits per heavy atom. The van der Waals surface area contributed by atoms with E-state index in [1.807, 2.05) is 24.0 Å². The fourth-order valence-electron chi connectivity index (χ4n) is 7.24. The van der Waals surface area contributed by atoms with E-state index >= 15 is 0 Å². The lowest BCUT2D eigenvalue weighted by molar-refractivity contribution is -0.152. The Morgan fingerprint density at radius 1 is 1.23 bits per heavy atom. The first kappa shape index (κ1) is 26.0. The number of rotatable bonds is 8. The Labute approximate surface area is 210 Å². The van der Waals surface area contributed by atoms with E-state index in [9.17, 15) is 20.1 Å². The zero-order chi connectivity index (χ0) is 25.2. The number of carbonyl (C=O) groups is 1. The highest BCUT2D eigenvalue weighted by Gasteiger charge is 2.57. The van der Waals surface area contributed by atoms with Crippen LogP contribution in [0.25, 0.3) is 0 Å². The molecule has 3 N–H and O–H groups in total. The van der Waals surface area contributed by atoms with E-state index in [0.29, 0.717) is 31.6 Å². The van der Waals surface area contributed by atoms with Gasteiger partial charge in [-0.25, -0.2) is 0 Å². The summed E-state index contributed by atoms with van der Waals surface area (Å²) in [5.74, 6) is 1.47. The highest BCUT2D eigenvalue weighted by Crippen LogP contribution is 2.61. The summed E-state index contributed by atoms with van der Waals surface area (Å²) in [4.78, 5) is 14.2. The van der Waals surface area contributed by atoms with Crippen molar-refractivity contribution in [3.05, 3.63) is 35.9 Å². The van der Waals surface area contributed by atoms with Crippen molar-refractivity contribution in [1.29, 1.82) is 0 Å². The smallest absolute Gasteiger partial charge is 0.222 e. The van der Waals surface area contributed by atoms with Crippen molar-refractivity contribution in [2.75, 3.05) is 26.3 Å². The summed E-state index contributed by atoms with van der Waals surface area (Å²) in [6.07, 6.45) is 6.94. The molecule has 3 fully saturated rings. The predicted molar refractivity (Wildman–Crippen MR) is 136 cm³/mol. The number of ether oxygens (including phenoxy) is 1. The van der Waals surface area contributed by atoms with Crippen LogP contribution < -0.4 is 4.74 Å². The van der Waals surface area contributed by atoms with Crippen molar-refractivity contribution in [2.24, 2.45) is 22.7 Å². The molecule has 0 spiro atoms. The molecule has 1 saturated heterocycles. The van der Waals surface area contributed by atoms with Gasteiger partial charge in [0.2, 0.25) is 5.91 Å². The Hall–Kier alpha value is -2.05. The number of nitrogens with zero attached hydrogens (tertiary/aromatic N) is 1. The molecule has 2 saturated carbocycles. The van der Waals surface area contributed by atoms with Crippen molar-refractivity contribution in [3.8, 4) is 11.5 Å². The minimum Gasteiger partial charge on any atom is -0.508 e. The second kappa shape index (κ2) is 10.5. The maximum absolute atomic E-state index is 12.3. The number of amides is 1. The van der Waals surface area contributed by atoms with Crippen molar-refractivity contribution in [1.82, 2.24) is 4.90 Å². The first-order chi connectivity index (χ1) is 16.7. The van der Waals surface area contributed by atoms with Gasteiger partial charge in [0.05, 0.1) is 19.3 Å². The number of aliphatic hydroxyl groups excluding tert-OH is 2. The zero-order valence-corrected chi connectivity index (χ0v) is 21.5. The molecule has 0 unspecified atom stereocenters. The summed E-state index contributed by atoms with van der Waals surface area (Å²) in [7, 11) is 0. The minimum absolute atomic E-state index is 0.000622. The standard InChI is InChI=1S/C29H43NO5/c1-20-6-10-25-28(2,14-12-26(33)29(25,3)19-31)23(20)13-17-35-22-9-7-21(24(32)18-22)8-11-27(34)30-15-4-5-16-30/h7,9,18,23,25-26,31-33H,1,4-6,8,10-17,19H2,2-3H3/t23-,25+,26-,28+,29+/m1/s1. The summed E-state index contributed by atoms with van der Waals surface area (Å²) in [6.45, 7) is 10.9. The second-order valence-electron chi connectivity index (χ2n) is 11.5. The average Bonchev–Trinajstić information content (AvgIpc) is 3.38. The lowest BCUT2D eigenvalue weighted by atomic mass is 9.46. The van der Waals surface area contributed by atoms with Gasteiger partial charge in [0.25, 0.3) is 0 Å². The summed E-state index contributed by atoms with van der Waals surface area (Å²) >= 11 is 0. The van der Waals surface area contributed by atoms with Gasteiger partial charge in [0.1, 0.15) is 11.5 Å². The summed E-state index contributed by atoms with van der Waals surface area (Å²) < 4.78 is 6.05. The molecule has 5 atom stereocenters. The molecule has 1 heterocycles. The molecule has 4 rings (SSSR count). The molecule has 194 valence electrons. The number of aryl methyl sites for hydroxylation is 1. The van der Waals surface area contributed by atoms with Gasteiger partial charge < -0.3 is 25.0 Å². The number of phenols is 1. The van der Waals surface area contributed by atoms with E-state index in [1.54, 1.807) is 6.07 Å². The number of likely N-dealkylation sites (tertiary alicyclic amines) is 1. The van der Waals surface area contributed by atoms with E-state index in [-0.39, 0.29) is 35.5 Å². The van der Waals surface area contributed by atoms with E-state index in [1.165, 1.54) is 5.57 Å². The van der Waals surface area contributed by atoms with Crippen molar-refractivity contribution in [2.45, 2.75) is 77.7 Å². The molecule has 0 bridgehead atoms. The lowest BCUT2D eigenvalue weighted by Gasteiger charge is -2.60. The maximum atomic E-state index is 12.3. The van der Waals surface area contributed by atoms with Gasteiger partial charge in [-0.05, 0) is 80.2 Å². The quantitative estimate of drug-likeness (QED) is 0.473. The molecule has 3 aliphatic rings. The largest absolute Gasteiger partial charge is 0.508 e. The van der Waals surface area contributed by atoms with Gasteiger partial charge >= 0.3 is 0 Å². The number of carbonyl (C=O) groups excluding carboxylic acids is 1. The number of fused-ring (bicyclic) bond motifs is 1. The normalized spacial score (nSPS) is 33.0. The monoisotopic (exact) mass is 485 g/mol. The number of benzene rings is 1. The molecule has 0 aromatic heterocycles. The van der Waals surface area contributed by atoms with Crippen LogP contribution in [-0.2, 0) is 11.2 Å². The molecule has 35 heavy (non-hydrogen) atoms. The van der Waals surface area contributed by atoms with Gasteiger partial charge in [-0.2, -0.15) is 0 Å². The first-order valence-corrected chi connectivity index (χ1v) is 13.4. The van der Waals surface area contributed by atoms with Crippen LogP contribution >= 0.6 is 0 Å². The Morgan fingerprint density at radius 3 is 2.66 bits per heavy atom. The lowest BCUT2D eigenvalue weighted by Crippen LogP contribution is -2.57. The van der Waals surface area contributed by atoms with Crippen LogP contribution in [0.2, 0.25) is 0 Å². The number of aliphatic hydroxyl groups is 2. The molecule has 1 aliphatic heterocycles. The van der Waals surface area contributed by atoms with Crippen LogP contribution in [0.3, 0.4) is 0 Å². The van der Waals surface area contributed by atoms with Crippen LogP contribution in [0.5, 0.6) is 11.5 Å². The van der Waals surface area contributed by atoms with Gasteiger partial charge in [-0.15, -0.1) is 0 Å². The third-order valence-electron chi connectivity index (χ3n) is 9.49. The highest BCUT2D eigenvalue weighted by atomic mass is 16.5. The number of allylic oxidation sites excluding steroid dienone is 1. The molecule has 1 amide bonds. The van der Waals surface area contributed by atoms with E-state index in [4.69, 9.17) is 4.74 Å². The topological polar surface area (TPSA) is 90.2 Å². The fourth-order valence-corrected chi connectivity index (χ4v) is 7.24. The number of hydrogen-bond acceptors (Lipinski definition) is 5. The van der Waals surface area contributed by atoms with E-state index in [0.717, 1.165) is 57.2 Å². The third kappa shape index (κ3) is 5.10. The Kier molecular flexibility index (Phi) is 7.82. The van der Waals surface area contributed by atoms with Crippen LogP contribution in [0.4, 0.5) is 0 Å². The van der Waals surface area contributed by atoms with E-state index in [2.05, 4.69) is 13.5 Å². The third-order valence-corrected chi connectivity index (χ3v) is 9.49. The predicted octanol–water partition coefficient (Wildman–Crippen LogP) is 4.46. The van der Waals surface area contributed by atoms with Gasteiger partial charge in [0, 0.05) is 31.0 Å². The molecular weight excluding hydrogens is 442 g/mol. The van der Waals surface area contributed by atoms with Crippen LogP contribution in [0.15, 0.2) is 30.4 Å². The summed E-state index contributed by atoms with van der Waals surface area (Å²) in [5.41, 5.74) is 1.50. The molecular formula is C29H43NO5. The van der Waals surface area contributed by atoms with Crippen LogP contribution in [-0.4, -0.2) is 58.5 Å².